The van der Waals surface area contributed by atoms with E-state index in [-0.39, 0.29) is 29.3 Å². The van der Waals surface area contributed by atoms with Crippen molar-refractivity contribution >= 4 is 29.2 Å². The number of nitrogens with one attached hydrogen (secondary N) is 1. The minimum Gasteiger partial charge on any atom is -0.464 e. The average Bonchev–Trinajstić information content (AvgIpc) is 3.25. The Balaban J connectivity index is 1.77. The summed E-state index contributed by atoms with van der Waals surface area (Å²) in [7, 11) is 0. The summed E-state index contributed by atoms with van der Waals surface area (Å²) < 4.78 is 5.39. The number of anilines is 2. The van der Waals surface area contributed by atoms with Gasteiger partial charge in [0.2, 0.25) is 5.91 Å². The summed E-state index contributed by atoms with van der Waals surface area (Å²) >= 11 is 1.24. The van der Waals surface area contributed by atoms with Crippen LogP contribution in [-0.4, -0.2) is 16.6 Å². The predicted octanol–water partition coefficient (Wildman–Crippen LogP) is 4.40. The van der Waals surface area contributed by atoms with Gasteiger partial charge in [-0.15, -0.1) is 11.8 Å². The maximum Gasteiger partial charge on any atom is 0.225 e. The molecule has 0 saturated carbocycles. The predicted molar refractivity (Wildman–Crippen MR) is 116 cm³/mol. The summed E-state index contributed by atoms with van der Waals surface area (Å²) in [6.45, 7) is 3.94. The van der Waals surface area contributed by atoms with Crippen LogP contribution in [0.3, 0.4) is 0 Å². The maximum absolute atomic E-state index is 12.3. The first-order chi connectivity index (χ1) is 14.5. The molecular formula is C22H19N5O2S. The number of pyridine rings is 1. The Morgan fingerprint density at radius 2 is 1.97 bits per heavy atom. The molecule has 2 aromatic heterocycles. The second kappa shape index (κ2) is 9.17. The highest BCUT2D eigenvalue weighted by molar-refractivity contribution is 7.99. The van der Waals surface area contributed by atoms with Crippen molar-refractivity contribution in [3.05, 3.63) is 58.8 Å². The Morgan fingerprint density at radius 3 is 2.63 bits per heavy atom. The third-order valence-corrected chi connectivity index (χ3v) is 5.61. The van der Waals surface area contributed by atoms with E-state index in [1.807, 2.05) is 38.1 Å². The summed E-state index contributed by atoms with van der Waals surface area (Å²) in [5, 5.41) is 22.4. The van der Waals surface area contributed by atoms with Crippen molar-refractivity contribution in [2.45, 2.75) is 25.3 Å². The van der Waals surface area contributed by atoms with Crippen molar-refractivity contribution < 1.29 is 9.21 Å². The molecule has 0 aliphatic rings. The molecule has 1 aromatic carbocycles. The summed E-state index contributed by atoms with van der Waals surface area (Å²) in [5.41, 5.74) is 9.47. The second-order valence-electron chi connectivity index (χ2n) is 6.52. The Labute approximate surface area is 178 Å². The third kappa shape index (κ3) is 4.29. The fourth-order valence-electron chi connectivity index (χ4n) is 2.91. The number of furan rings is 1. The van der Waals surface area contributed by atoms with Crippen LogP contribution in [0.1, 0.15) is 28.7 Å². The smallest absolute Gasteiger partial charge is 0.225 e. The first kappa shape index (κ1) is 21.0. The van der Waals surface area contributed by atoms with Crippen LogP contribution in [0.4, 0.5) is 11.5 Å². The number of hydrogen-bond donors (Lipinski definition) is 2. The molecule has 150 valence electrons. The van der Waals surface area contributed by atoms with E-state index in [0.717, 1.165) is 16.8 Å². The van der Waals surface area contributed by atoms with Gasteiger partial charge in [-0.25, -0.2) is 4.98 Å². The first-order valence-corrected chi connectivity index (χ1v) is 10.1. The van der Waals surface area contributed by atoms with Crippen molar-refractivity contribution in [1.82, 2.24) is 4.98 Å². The van der Waals surface area contributed by atoms with E-state index in [1.54, 1.807) is 12.1 Å². The summed E-state index contributed by atoms with van der Waals surface area (Å²) in [6.07, 6.45) is 1.68. The van der Waals surface area contributed by atoms with Gasteiger partial charge in [-0.05, 0) is 43.2 Å². The molecule has 0 saturated heterocycles. The topological polar surface area (TPSA) is 129 Å². The number of carbonyl (C=O) groups excluding carboxylic acids is 1. The van der Waals surface area contributed by atoms with Gasteiger partial charge in [0.05, 0.1) is 17.4 Å². The van der Waals surface area contributed by atoms with Crippen molar-refractivity contribution in [3.8, 4) is 23.5 Å². The number of nitrogens with zero attached hydrogens (tertiary/aromatic N) is 3. The molecule has 7 nitrogen and oxygen atoms in total. The van der Waals surface area contributed by atoms with Crippen LogP contribution >= 0.6 is 11.8 Å². The monoisotopic (exact) mass is 417 g/mol. The van der Waals surface area contributed by atoms with E-state index in [1.165, 1.54) is 18.0 Å². The number of nitrogen functional groups attached to an aromatic ring is 1. The largest absolute Gasteiger partial charge is 0.464 e. The highest BCUT2D eigenvalue weighted by atomic mass is 32.2. The number of hydrogen-bond acceptors (Lipinski definition) is 7. The fourth-order valence-corrected chi connectivity index (χ4v) is 3.85. The molecule has 3 rings (SSSR count). The molecule has 2 heterocycles. The number of nitriles is 2. The molecule has 0 fully saturated rings. The van der Waals surface area contributed by atoms with Gasteiger partial charge in [0.25, 0.3) is 0 Å². The zero-order valence-electron chi connectivity index (χ0n) is 16.5. The van der Waals surface area contributed by atoms with Crippen LogP contribution in [0.25, 0.3) is 11.3 Å². The number of benzene rings is 1. The summed E-state index contributed by atoms with van der Waals surface area (Å²) in [6, 6.07) is 13.2. The van der Waals surface area contributed by atoms with Gasteiger partial charge in [0, 0.05) is 17.9 Å². The Hall–Kier alpha value is -3.75. The van der Waals surface area contributed by atoms with E-state index in [2.05, 4.69) is 16.4 Å². The molecule has 0 spiro atoms. The molecule has 0 aliphatic carbocycles. The molecule has 0 unspecified atom stereocenters. The number of rotatable bonds is 6. The van der Waals surface area contributed by atoms with Gasteiger partial charge in [0.1, 0.15) is 34.3 Å². The van der Waals surface area contributed by atoms with Gasteiger partial charge < -0.3 is 15.5 Å². The molecule has 0 atom stereocenters. The molecule has 0 aliphatic heterocycles. The van der Waals surface area contributed by atoms with Crippen LogP contribution in [0, 0.1) is 36.5 Å². The Kier molecular flexibility index (Phi) is 6.41. The van der Waals surface area contributed by atoms with Crippen LogP contribution in [-0.2, 0) is 4.79 Å². The van der Waals surface area contributed by atoms with E-state index < -0.39 is 0 Å². The standard InChI is InChI=1S/C22H19N5O2S/c1-13-5-3-6-17(14(13)2)26-19(28)8-10-30-22-16(12-24)20(18-7-4-9-29-18)15(11-23)21(25)27-22/h3-7,9H,8,10H2,1-2H3,(H2,25,27)(H,26,28). The maximum atomic E-state index is 12.3. The lowest BCUT2D eigenvalue weighted by Crippen LogP contribution is -2.13. The average molecular weight is 417 g/mol. The molecule has 3 N–H and O–H groups in total. The number of amides is 1. The summed E-state index contributed by atoms with van der Waals surface area (Å²) in [5.74, 6) is 0.640. The third-order valence-electron chi connectivity index (χ3n) is 4.63. The minimum atomic E-state index is -0.136. The highest BCUT2D eigenvalue weighted by Gasteiger charge is 2.22. The van der Waals surface area contributed by atoms with E-state index in [9.17, 15) is 15.3 Å². The normalized spacial score (nSPS) is 10.3. The van der Waals surface area contributed by atoms with Crippen LogP contribution in [0.15, 0.2) is 46.0 Å². The molecule has 0 radical (unpaired) electrons. The molecule has 30 heavy (non-hydrogen) atoms. The molecule has 3 aromatic rings. The van der Waals surface area contributed by atoms with Crippen molar-refractivity contribution in [2.24, 2.45) is 0 Å². The van der Waals surface area contributed by atoms with E-state index in [0.29, 0.717) is 22.1 Å². The van der Waals surface area contributed by atoms with Crippen LogP contribution in [0.2, 0.25) is 0 Å². The zero-order valence-corrected chi connectivity index (χ0v) is 17.3. The number of nitrogens with two attached hydrogens (primary N) is 1. The van der Waals surface area contributed by atoms with Crippen LogP contribution in [0.5, 0.6) is 0 Å². The van der Waals surface area contributed by atoms with Gasteiger partial charge in [-0.1, -0.05) is 12.1 Å². The molecule has 8 heteroatoms. The SMILES string of the molecule is Cc1cccc(NC(=O)CCSc2nc(N)c(C#N)c(-c3ccco3)c2C#N)c1C. The minimum absolute atomic E-state index is 0.0187. The van der Waals surface area contributed by atoms with Gasteiger partial charge in [-0.2, -0.15) is 10.5 Å². The summed E-state index contributed by atoms with van der Waals surface area (Å²) in [4.78, 5) is 16.6. The lowest BCUT2D eigenvalue weighted by molar-refractivity contribution is -0.115. The van der Waals surface area contributed by atoms with E-state index in [4.69, 9.17) is 10.2 Å². The lowest BCUT2D eigenvalue weighted by atomic mass is 10.0. The lowest BCUT2D eigenvalue weighted by Gasteiger charge is -2.12. The second-order valence-corrected chi connectivity index (χ2v) is 7.61. The zero-order chi connectivity index (χ0) is 21.7. The number of aromatic nitrogens is 1. The van der Waals surface area contributed by atoms with Crippen molar-refractivity contribution in [2.75, 3.05) is 16.8 Å². The Morgan fingerprint density at radius 1 is 1.20 bits per heavy atom. The van der Waals surface area contributed by atoms with Crippen molar-refractivity contribution in [3.63, 3.8) is 0 Å². The molecule has 0 bridgehead atoms. The van der Waals surface area contributed by atoms with Crippen LogP contribution < -0.4 is 11.1 Å². The Bertz CT molecular complexity index is 1170. The molecule has 1 amide bonds. The molecular weight excluding hydrogens is 398 g/mol. The van der Waals surface area contributed by atoms with Crippen molar-refractivity contribution in [1.29, 1.82) is 10.5 Å². The van der Waals surface area contributed by atoms with E-state index >= 15 is 0 Å². The van der Waals surface area contributed by atoms with Gasteiger partial charge >= 0.3 is 0 Å². The quantitative estimate of drug-likeness (QED) is 0.568. The first-order valence-electron chi connectivity index (χ1n) is 9.12. The highest BCUT2D eigenvalue weighted by Crippen LogP contribution is 2.36. The number of aryl methyl sites for hydroxylation is 1. The number of thioether (sulfide) groups is 1. The number of carbonyl (C=O) groups is 1. The fraction of sp³-hybridized carbons (Fsp3) is 0.182. The van der Waals surface area contributed by atoms with Gasteiger partial charge in [0.15, 0.2) is 0 Å². The van der Waals surface area contributed by atoms with Gasteiger partial charge in [-0.3, -0.25) is 4.79 Å².